The molecule has 0 aromatic heterocycles. The topological polar surface area (TPSA) is 55.8 Å². The largest absolute Gasteiger partial charge is 0.468 e. The Morgan fingerprint density at radius 1 is 0.882 bits per heavy atom. The van der Waals surface area contributed by atoms with E-state index in [0.29, 0.717) is 5.70 Å². The Morgan fingerprint density at radius 3 is 2.06 bits per heavy atom. The van der Waals surface area contributed by atoms with Crippen molar-refractivity contribution in [3.8, 4) is 0 Å². The van der Waals surface area contributed by atoms with Gasteiger partial charge in [-0.2, -0.15) is 0 Å². The summed E-state index contributed by atoms with van der Waals surface area (Å²) in [5.74, 6) is -1.15. The highest BCUT2D eigenvalue weighted by molar-refractivity contribution is 6.12. The average Bonchev–Trinajstić information content (AvgIpc) is 3.12. The second-order valence-corrected chi connectivity index (χ2v) is 8.69. The summed E-state index contributed by atoms with van der Waals surface area (Å²) in [6.07, 6.45) is -0.580. The molecule has 2 aliphatic rings. The predicted molar refractivity (Wildman–Crippen MR) is 131 cm³/mol. The Balaban J connectivity index is 1.96. The lowest BCUT2D eigenvalue weighted by atomic mass is 9.58. The molecule has 0 spiro atoms. The molecule has 0 saturated heterocycles. The van der Waals surface area contributed by atoms with Gasteiger partial charge in [-0.25, -0.2) is 4.79 Å². The minimum Gasteiger partial charge on any atom is -0.468 e. The number of hydrogen-bond acceptors (Lipinski definition) is 5. The predicted octanol–water partition coefficient (Wildman–Crippen LogP) is 5.25. The van der Waals surface area contributed by atoms with Crippen LogP contribution in [0.4, 0.5) is 5.69 Å². The fourth-order valence-corrected chi connectivity index (χ4v) is 5.53. The molecule has 1 aliphatic heterocycles. The molecular formula is C29H27NO4. The molecule has 3 aromatic rings. The second kappa shape index (κ2) is 8.17. The summed E-state index contributed by atoms with van der Waals surface area (Å²) in [6.45, 7) is 2.00. The molecule has 0 radical (unpaired) electrons. The van der Waals surface area contributed by atoms with Crippen molar-refractivity contribution in [2.45, 2.75) is 25.3 Å². The summed E-state index contributed by atoms with van der Waals surface area (Å²) in [4.78, 5) is 29.3. The zero-order valence-corrected chi connectivity index (χ0v) is 19.4. The molecule has 3 atom stereocenters. The highest BCUT2D eigenvalue weighted by Crippen LogP contribution is 2.71. The van der Waals surface area contributed by atoms with Crippen molar-refractivity contribution in [3.05, 3.63) is 107 Å². The maximum Gasteiger partial charge on any atom is 0.337 e. The van der Waals surface area contributed by atoms with Crippen molar-refractivity contribution >= 4 is 23.3 Å². The number of carbonyl (C=O) groups excluding carboxylic acids is 2. The number of rotatable bonds is 5. The van der Waals surface area contributed by atoms with Crippen molar-refractivity contribution < 1.29 is 20.4 Å². The summed E-state index contributed by atoms with van der Waals surface area (Å²) in [6, 6.07) is 26.9. The van der Waals surface area contributed by atoms with Crippen LogP contribution >= 0.6 is 0 Å². The van der Waals surface area contributed by atoms with Gasteiger partial charge < -0.3 is 14.4 Å². The quantitative estimate of drug-likeness (QED) is 0.389. The second-order valence-electron chi connectivity index (χ2n) is 8.69. The van der Waals surface area contributed by atoms with Gasteiger partial charge in [0.2, 0.25) is 0 Å². The van der Waals surface area contributed by atoms with Gasteiger partial charge in [0.05, 0.1) is 31.0 Å². The number of benzene rings is 3. The van der Waals surface area contributed by atoms with Crippen LogP contribution in [0, 0.1) is 12.3 Å². The fraction of sp³-hybridized carbons (Fsp3) is 0.241. The summed E-state index contributed by atoms with van der Waals surface area (Å²) in [5.41, 5.74) is 1.55. The van der Waals surface area contributed by atoms with Crippen LogP contribution in [-0.2, 0) is 24.6 Å². The number of nitrogens with zero attached hydrogens (tertiary/aromatic N) is 1. The highest BCUT2D eigenvalue weighted by atomic mass is 16.5. The van der Waals surface area contributed by atoms with E-state index in [-0.39, 0.29) is 12.0 Å². The van der Waals surface area contributed by atoms with Crippen LogP contribution in [-0.4, -0.2) is 26.2 Å². The standard InChI is InChI=1S/C29H27NO4/c1-20-14-16-23(17-15-20)30-25(21-10-6-4-7-11-21)24(26(31)33-2)28(27(32)34-3)18-19-29(28,30)22-12-8-5-9-13-22/h4-17H,18-19H2,1-3H3/t28-,29+/m1/s1/i18+1,19D/t19?,28-,29+. The Kier molecular flexibility index (Phi) is 4.98. The monoisotopic (exact) mass is 455 g/mol. The van der Waals surface area contributed by atoms with E-state index in [1.807, 2.05) is 96.8 Å². The first-order valence-electron chi connectivity index (χ1n) is 11.8. The molecule has 0 amide bonds. The first-order valence-corrected chi connectivity index (χ1v) is 11.2. The van der Waals surface area contributed by atoms with Crippen molar-refractivity contribution in [3.63, 3.8) is 0 Å². The number of aryl methyl sites for hydroxylation is 1. The Labute approximate surface area is 201 Å². The molecular weight excluding hydrogens is 427 g/mol. The maximum atomic E-state index is 13.8. The van der Waals surface area contributed by atoms with Crippen LogP contribution in [0.5, 0.6) is 0 Å². The van der Waals surface area contributed by atoms with Crippen LogP contribution in [0.15, 0.2) is 90.5 Å². The molecule has 5 nitrogen and oxygen atoms in total. The summed E-state index contributed by atoms with van der Waals surface area (Å²) >= 11 is 0. The fourth-order valence-electron chi connectivity index (χ4n) is 5.53. The van der Waals surface area contributed by atoms with E-state index in [1.54, 1.807) is 0 Å². The summed E-state index contributed by atoms with van der Waals surface area (Å²) in [5, 5.41) is 0. The van der Waals surface area contributed by atoms with Crippen LogP contribution < -0.4 is 4.90 Å². The molecule has 3 aromatic carbocycles. The van der Waals surface area contributed by atoms with Crippen molar-refractivity contribution in [2.24, 2.45) is 5.41 Å². The minimum atomic E-state index is -1.42. The van der Waals surface area contributed by atoms with Crippen molar-refractivity contribution in [1.82, 2.24) is 0 Å². The van der Waals surface area contributed by atoms with E-state index in [4.69, 9.17) is 9.47 Å². The molecule has 172 valence electrons. The molecule has 5 rings (SSSR count). The molecule has 1 heterocycles. The lowest BCUT2D eigenvalue weighted by Gasteiger charge is -2.58. The van der Waals surface area contributed by atoms with Crippen LogP contribution in [0.25, 0.3) is 5.70 Å². The Morgan fingerprint density at radius 2 is 1.50 bits per heavy atom. The van der Waals surface area contributed by atoms with E-state index in [2.05, 4.69) is 0 Å². The third kappa shape index (κ3) is 2.79. The van der Waals surface area contributed by atoms with E-state index >= 15 is 0 Å². The molecule has 0 N–H and O–H groups in total. The van der Waals surface area contributed by atoms with Crippen LogP contribution in [0.2, 0.25) is 0 Å². The van der Waals surface area contributed by atoms with E-state index in [9.17, 15) is 11.0 Å². The molecule has 1 fully saturated rings. The van der Waals surface area contributed by atoms with Gasteiger partial charge >= 0.3 is 11.9 Å². The summed E-state index contributed by atoms with van der Waals surface area (Å²) < 4.78 is 19.9. The Hall–Kier alpha value is -3.86. The Bertz CT molecular complexity index is 1310. The molecule has 1 aliphatic carbocycles. The number of anilines is 1. The third-order valence-corrected chi connectivity index (χ3v) is 7.07. The summed E-state index contributed by atoms with van der Waals surface area (Å²) in [7, 11) is 2.65. The molecule has 5 heteroatoms. The number of fused-ring (bicyclic) bond motifs is 1. The first-order chi connectivity index (χ1) is 16.9. The highest BCUT2D eigenvalue weighted by Gasteiger charge is 2.76. The van der Waals surface area contributed by atoms with Gasteiger partial charge in [-0.3, -0.25) is 4.79 Å². The minimum absolute atomic E-state index is 0.137. The zero-order valence-electron chi connectivity index (χ0n) is 20.4. The number of esters is 2. The van der Waals surface area contributed by atoms with E-state index in [1.165, 1.54) is 14.2 Å². The normalized spacial score (nSPS) is 25.8. The van der Waals surface area contributed by atoms with Gasteiger partial charge in [-0.05, 0) is 43.0 Å². The molecule has 34 heavy (non-hydrogen) atoms. The van der Waals surface area contributed by atoms with E-state index in [0.717, 1.165) is 22.4 Å². The number of ether oxygens (including phenoxy) is 2. The molecule has 0 bridgehead atoms. The van der Waals surface area contributed by atoms with E-state index < -0.39 is 29.3 Å². The van der Waals surface area contributed by atoms with Gasteiger partial charge in [0.1, 0.15) is 5.41 Å². The van der Waals surface area contributed by atoms with Crippen molar-refractivity contribution in [1.29, 1.82) is 0 Å². The SMILES string of the molecule is [2H]C1[13CH2][C@]2(C(=O)OC)C(C(=O)OC)=C(c3ccccc3)N(c3ccc(C)cc3)[C@]12c1ccccc1. The van der Waals surface area contributed by atoms with Gasteiger partial charge in [0.25, 0.3) is 0 Å². The maximum absolute atomic E-state index is 13.8. The van der Waals surface area contributed by atoms with Gasteiger partial charge in [0.15, 0.2) is 0 Å². The van der Waals surface area contributed by atoms with Gasteiger partial charge in [-0.1, -0.05) is 78.4 Å². The average molecular weight is 456 g/mol. The first kappa shape index (κ1) is 20.7. The lowest BCUT2D eigenvalue weighted by molar-refractivity contribution is -0.165. The smallest absolute Gasteiger partial charge is 0.337 e. The zero-order chi connectivity index (χ0) is 24.8. The number of methoxy groups -OCH3 is 2. The number of hydrogen-bond donors (Lipinski definition) is 0. The van der Waals surface area contributed by atoms with Crippen molar-refractivity contribution in [2.75, 3.05) is 19.1 Å². The number of carbonyl (C=O) groups is 2. The third-order valence-electron chi connectivity index (χ3n) is 7.07. The van der Waals surface area contributed by atoms with Crippen LogP contribution in [0.3, 0.4) is 0 Å². The molecule has 1 saturated carbocycles. The lowest BCUT2D eigenvalue weighted by Crippen LogP contribution is -2.64. The van der Waals surface area contributed by atoms with Gasteiger partial charge in [0, 0.05) is 7.06 Å². The van der Waals surface area contributed by atoms with Crippen LogP contribution in [0.1, 0.15) is 30.9 Å². The molecule has 1 unspecified atom stereocenters. The van der Waals surface area contributed by atoms with Gasteiger partial charge in [-0.15, -0.1) is 0 Å².